The molecule has 25 heavy (non-hydrogen) atoms. The number of nitrogens with one attached hydrogen (secondary N) is 3. The number of terminal acetylenes is 1. The summed E-state index contributed by atoms with van der Waals surface area (Å²) in [6, 6.07) is 0. The van der Waals surface area contributed by atoms with Crippen molar-refractivity contribution in [3.63, 3.8) is 0 Å². The molecule has 0 aliphatic carbocycles. The van der Waals surface area contributed by atoms with E-state index >= 15 is 0 Å². The summed E-state index contributed by atoms with van der Waals surface area (Å²) in [5.41, 5.74) is 6.67. The van der Waals surface area contributed by atoms with Crippen LogP contribution in [-0.2, 0) is 4.79 Å². The van der Waals surface area contributed by atoms with E-state index in [9.17, 15) is 4.79 Å². The lowest BCUT2D eigenvalue weighted by atomic mass is 10.0. The van der Waals surface area contributed by atoms with Crippen molar-refractivity contribution in [1.29, 1.82) is 0 Å². The van der Waals surface area contributed by atoms with Crippen LogP contribution in [0, 0.1) is 12.3 Å². The highest BCUT2D eigenvalue weighted by Gasteiger charge is 2.39. The van der Waals surface area contributed by atoms with Crippen molar-refractivity contribution >= 4 is 5.91 Å². The molecule has 1 heterocycles. The predicted molar refractivity (Wildman–Crippen MR) is 102 cm³/mol. The number of allylic oxidation sites excluding steroid dienone is 2. The summed E-state index contributed by atoms with van der Waals surface area (Å²) in [4.78, 5) is 11.3. The van der Waals surface area contributed by atoms with E-state index in [4.69, 9.17) is 11.5 Å². The topological polar surface area (TPSA) is 93.2 Å². The SMILES string of the molecule is C#CCCCC1(CC/C=C\CCCCCCCC(=O)NCCO)NN1. The first kappa shape index (κ1) is 21.7. The molecule has 0 unspecified atom stereocenters. The Morgan fingerprint density at radius 1 is 1.04 bits per heavy atom. The zero-order valence-corrected chi connectivity index (χ0v) is 15.5. The Bertz CT molecular complexity index is 425. The van der Waals surface area contributed by atoms with E-state index in [-0.39, 0.29) is 18.2 Å². The Labute approximate surface area is 153 Å². The van der Waals surface area contributed by atoms with Gasteiger partial charge >= 0.3 is 0 Å². The van der Waals surface area contributed by atoms with Crippen molar-refractivity contribution in [2.24, 2.45) is 0 Å². The fourth-order valence-corrected chi connectivity index (χ4v) is 2.88. The van der Waals surface area contributed by atoms with Crippen molar-refractivity contribution < 1.29 is 9.90 Å². The first-order valence-corrected chi connectivity index (χ1v) is 9.73. The number of hydrogen-bond acceptors (Lipinski definition) is 4. The third-order valence-corrected chi connectivity index (χ3v) is 4.52. The van der Waals surface area contributed by atoms with Gasteiger partial charge in [0.15, 0.2) is 0 Å². The molecule has 1 saturated heterocycles. The molecule has 0 aromatic rings. The molecule has 1 rings (SSSR count). The Balaban J connectivity index is 1.86. The van der Waals surface area contributed by atoms with Crippen LogP contribution in [0.25, 0.3) is 0 Å². The summed E-state index contributed by atoms with van der Waals surface area (Å²) in [5, 5.41) is 11.3. The number of aliphatic hydroxyl groups is 1. The largest absolute Gasteiger partial charge is 0.395 e. The highest BCUT2D eigenvalue weighted by atomic mass is 16.3. The third kappa shape index (κ3) is 11.8. The molecule has 1 amide bonds. The molecule has 1 aliphatic rings. The minimum Gasteiger partial charge on any atom is -0.395 e. The summed E-state index contributed by atoms with van der Waals surface area (Å²) >= 11 is 0. The molecule has 0 bridgehead atoms. The highest BCUT2D eigenvalue weighted by molar-refractivity contribution is 5.75. The molecule has 0 spiro atoms. The van der Waals surface area contributed by atoms with Gasteiger partial charge in [0.1, 0.15) is 0 Å². The molecule has 0 aromatic carbocycles. The molecule has 5 nitrogen and oxygen atoms in total. The van der Waals surface area contributed by atoms with Crippen LogP contribution >= 0.6 is 0 Å². The van der Waals surface area contributed by atoms with Crippen molar-refractivity contribution in [3.8, 4) is 12.3 Å². The van der Waals surface area contributed by atoms with Crippen LogP contribution in [0.4, 0.5) is 0 Å². The summed E-state index contributed by atoms with van der Waals surface area (Å²) in [5.74, 6) is 2.74. The Morgan fingerprint density at radius 2 is 1.76 bits per heavy atom. The van der Waals surface area contributed by atoms with Crippen LogP contribution in [0.15, 0.2) is 12.2 Å². The van der Waals surface area contributed by atoms with Gasteiger partial charge in [-0.3, -0.25) is 4.79 Å². The maximum atomic E-state index is 11.3. The molecular weight excluding hydrogens is 314 g/mol. The zero-order chi connectivity index (χ0) is 18.2. The molecule has 1 fully saturated rings. The lowest BCUT2D eigenvalue weighted by molar-refractivity contribution is -0.121. The molecule has 0 radical (unpaired) electrons. The molecule has 142 valence electrons. The summed E-state index contributed by atoms with van der Waals surface area (Å²) in [6.07, 6.45) is 22.5. The van der Waals surface area contributed by atoms with Crippen molar-refractivity contribution in [3.05, 3.63) is 12.2 Å². The van der Waals surface area contributed by atoms with Gasteiger partial charge < -0.3 is 10.4 Å². The average Bonchev–Trinajstić information content (AvgIpc) is 3.38. The van der Waals surface area contributed by atoms with E-state index in [1.54, 1.807) is 0 Å². The maximum absolute atomic E-state index is 11.3. The minimum atomic E-state index is 0.0129. The van der Waals surface area contributed by atoms with Gasteiger partial charge in [-0.05, 0) is 44.9 Å². The van der Waals surface area contributed by atoms with Gasteiger partial charge in [-0.15, -0.1) is 12.3 Å². The van der Waals surface area contributed by atoms with Crippen LogP contribution in [0.5, 0.6) is 0 Å². The maximum Gasteiger partial charge on any atom is 0.220 e. The van der Waals surface area contributed by atoms with Crippen LogP contribution in [-0.4, -0.2) is 29.8 Å². The van der Waals surface area contributed by atoms with Gasteiger partial charge in [0.2, 0.25) is 5.91 Å². The predicted octanol–water partition coefficient (Wildman–Crippen LogP) is 2.77. The fourth-order valence-electron chi connectivity index (χ4n) is 2.88. The van der Waals surface area contributed by atoms with E-state index in [2.05, 4.69) is 34.2 Å². The molecule has 0 aromatic heterocycles. The first-order valence-electron chi connectivity index (χ1n) is 9.73. The van der Waals surface area contributed by atoms with E-state index in [0.717, 1.165) is 51.4 Å². The summed E-state index contributed by atoms with van der Waals surface area (Å²) < 4.78 is 0. The molecule has 5 heteroatoms. The Kier molecular flexibility index (Phi) is 12.0. The van der Waals surface area contributed by atoms with Gasteiger partial charge in [0.05, 0.1) is 12.3 Å². The van der Waals surface area contributed by atoms with Gasteiger partial charge in [-0.25, -0.2) is 10.9 Å². The van der Waals surface area contributed by atoms with E-state index in [1.807, 2.05) is 0 Å². The van der Waals surface area contributed by atoms with Crippen LogP contribution in [0.1, 0.15) is 77.0 Å². The second-order valence-electron chi connectivity index (χ2n) is 6.78. The number of rotatable bonds is 16. The Morgan fingerprint density at radius 3 is 2.48 bits per heavy atom. The number of unbranched alkanes of at least 4 members (excludes halogenated alkanes) is 6. The van der Waals surface area contributed by atoms with Crippen LogP contribution < -0.4 is 16.2 Å². The molecular formula is C20H35N3O2. The number of hydrazine groups is 1. The van der Waals surface area contributed by atoms with Crippen molar-refractivity contribution in [2.45, 2.75) is 82.7 Å². The second-order valence-corrected chi connectivity index (χ2v) is 6.78. The van der Waals surface area contributed by atoms with Crippen molar-refractivity contribution in [2.75, 3.05) is 13.2 Å². The van der Waals surface area contributed by atoms with Gasteiger partial charge in [0.25, 0.3) is 0 Å². The van der Waals surface area contributed by atoms with E-state index < -0.39 is 0 Å². The van der Waals surface area contributed by atoms with Gasteiger partial charge in [-0.2, -0.15) is 0 Å². The quantitative estimate of drug-likeness (QED) is 0.149. The van der Waals surface area contributed by atoms with E-state index in [0.29, 0.717) is 13.0 Å². The van der Waals surface area contributed by atoms with Gasteiger partial charge in [-0.1, -0.05) is 31.4 Å². The number of carbonyl (C=O) groups is 1. The number of hydrogen-bond donors (Lipinski definition) is 4. The van der Waals surface area contributed by atoms with Crippen LogP contribution in [0.2, 0.25) is 0 Å². The first-order chi connectivity index (χ1) is 12.2. The second kappa shape index (κ2) is 13.9. The molecule has 1 aliphatic heterocycles. The fraction of sp³-hybridized carbons (Fsp3) is 0.750. The van der Waals surface area contributed by atoms with Crippen LogP contribution in [0.3, 0.4) is 0 Å². The average molecular weight is 350 g/mol. The smallest absolute Gasteiger partial charge is 0.220 e. The number of aliphatic hydroxyl groups excluding tert-OH is 1. The molecule has 4 N–H and O–H groups in total. The normalized spacial score (nSPS) is 15.2. The number of amides is 1. The highest BCUT2D eigenvalue weighted by Crippen LogP contribution is 2.24. The molecule has 0 atom stereocenters. The van der Waals surface area contributed by atoms with E-state index in [1.165, 1.54) is 19.3 Å². The number of carbonyl (C=O) groups excluding carboxylic acids is 1. The van der Waals surface area contributed by atoms with Gasteiger partial charge in [0, 0.05) is 19.4 Å². The lowest BCUT2D eigenvalue weighted by Crippen LogP contribution is -2.25. The minimum absolute atomic E-state index is 0.0129. The lowest BCUT2D eigenvalue weighted by Gasteiger charge is -2.08. The standard InChI is InChI=1S/C20H35N3O2/c1-2-3-12-15-20(22-23-20)16-13-10-8-6-4-5-7-9-11-14-19(25)21-17-18-24/h1,8,10,22-24H,3-7,9,11-18H2,(H,21,25)/b10-8-. The monoisotopic (exact) mass is 349 g/mol. The summed E-state index contributed by atoms with van der Waals surface area (Å²) in [6.45, 7) is 0.377. The van der Waals surface area contributed by atoms with Crippen molar-refractivity contribution in [1.82, 2.24) is 16.2 Å². The third-order valence-electron chi connectivity index (χ3n) is 4.52. The molecule has 0 saturated carbocycles. The Hall–Kier alpha value is -1.35. The zero-order valence-electron chi connectivity index (χ0n) is 15.5. The summed E-state index contributed by atoms with van der Waals surface area (Å²) in [7, 11) is 0.